The van der Waals surface area contributed by atoms with Gasteiger partial charge in [0.1, 0.15) is 17.3 Å². The first kappa shape index (κ1) is 16.4. The summed E-state index contributed by atoms with van der Waals surface area (Å²) in [6.45, 7) is 4.17. The predicted octanol–water partition coefficient (Wildman–Crippen LogP) is 0.618. The average Bonchev–Trinajstić information content (AvgIpc) is 2.59. The van der Waals surface area contributed by atoms with Gasteiger partial charge in [-0.15, -0.1) is 0 Å². The van der Waals surface area contributed by atoms with Gasteiger partial charge < -0.3 is 19.5 Å². The van der Waals surface area contributed by atoms with Crippen LogP contribution in [0, 0.1) is 11.3 Å². The Bertz CT molecular complexity index is 854. The van der Waals surface area contributed by atoms with Crippen LogP contribution in [-0.2, 0) is 11.8 Å². The minimum Gasteiger partial charge on any atom is -0.383 e. The van der Waals surface area contributed by atoms with E-state index in [-0.39, 0.29) is 17.6 Å². The number of fused-ring (bicyclic) bond motifs is 1. The molecule has 1 aliphatic rings. The highest BCUT2D eigenvalue weighted by Gasteiger charge is 2.28. The highest BCUT2D eigenvalue weighted by atomic mass is 16.5. The van der Waals surface area contributed by atoms with Crippen LogP contribution in [0.2, 0.25) is 0 Å². The summed E-state index contributed by atoms with van der Waals surface area (Å²) in [6.07, 6.45) is 0. The lowest BCUT2D eigenvalue weighted by Crippen LogP contribution is -2.57. The van der Waals surface area contributed by atoms with Crippen molar-refractivity contribution in [3.05, 3.63) is 34.2 Å². The van der Waals surface area contributed by atoms with Gasteiger partial charge in [-0.05, 0) is 19.1 Å². The van der Waals surface area contributed by atoms with Gasteiger partial charge in [0.25, 0.3) is 5.56 Å². The monoisotopic (exact) mass is 327 g/mol. The molecule has 0 amide bonds. The number of nitriles is 1. The molecule has 3 heterocycles. The molecule has 1 fully saturated rings. The molecule has 0 radical (unpaired) electrons. The number of rotatable bonds is 3. The molecule has 3 rings (SSSR count). The van der Waals surface area contributed by atoms with E-state index in [4.69, 9.17) is 4.74 Å². The van der Waals surface area contributed by atoms with Gasteiger partial charge in [0, 0.05) is 39.4 Å². The summed E-state index contributed by atoms with van der Waals surface area (Å²) in [7, 11) is 3.39. The molecule has 0 spiro atoms. The molecule has 126 valence electrons. The lowest BCUT2D eigenvalue weighted by atomic mass is 10.1. The van der Waals surface area contributed by atoms with E-state index in [1.165, 1.54) is 0 Å². The van der Waals surface area contributed by atoms with Crippen molar-refractivity contribution < 1.29 is 4.74 Å². The third-order valence-corrected chi connectivity index (χ3v) is 4.46. The van der Waals surface area contributed by atoms with Crippen molar-refractivity contribution in [3.8, 4) is 6.07 Å². The second-order valence-electron chi connectivity index (χ2n) is 6.17. The third kappa shape index (κ3) is 2.86. The van der Waals surface area contributed by atoms with Crippen molar-refractivity contribution in [2.75, 3.05) is 31.7 Å². The minimum atomic E-state index is -0.0913. The van der Waals surface area contributed by atoms with Gasteiger partial charge in [-0.25, -0.2) is 4.98 Å². The van der Waals surface area contributed by atoms with Gasteiger partial charge in [-0.1, -0.05) is 0 Å². The number of anilines is 1. The van der Waals surface area contributed by atoms with Gasteiger partial charge in [0.2, 0.25) is 0 Å². The van der Waals surface area contributed by atoms with Crippen molar-refractivity contribution in [1.29, 1.82) is 5.26 Å². The highest BCUT2D eigenvalue weighted by molar-refractivity contribution is 5.89. The molecule has 0 saturated carbocycles. The number of ether oxygens (including phenoxy) is 1. The standard InChI is InChI=1S/C17H21N5O2/c1-11-9-22(13(8-19-11)10-24-3)15-6-16(23)21(2)14-5-4-12(7-18)20-17(14)15/h4-6,11,13,19H,8-10H2,1-3H3/t11-,13-/m1/s1. The summed E-state index contributed by atoms with van der Waals surface area (Å²) in [5.74, 6) is 0. The molecule has 2 atom stereocenters. The molecule has 1 saturated heterocycles. The molecule has 7 heteroatoms. The number of methoxy groups -OCH3 is 1. The first-order valence-corrected chi connectivity index (χ1v) is 7.95. The number of nitrogens with one attached hydrogen (secondary N) is 1. The van der Waals surface area contributed by atoms with Crippen molar-refractivity contribution in [2.45, 2.75) is 19.0 Å². The average molecular weight is 327 g/mol. The summed E-state index contributed by atoms with van der Waals surface area (Å²) >= 11 is 0. The fourth-order valence-corrected chi connectivity index (χ4v) is 3.19. The summed E-state index contributed by atoms with van der Waals surface area (Å²) in [5.41, 5.74) is 2.41. The number of aryl methyl sites for hydroxylation is 1. The molecule has 0 bridgehead atoms. The normalized spacial score (nSPS) is 21.0. The number of piperazine rings is 1. The van der Waals surface area contributed by atoms with Crippen molar-refractivity contribution >= 4 is 16.7 Å². The van der Waals surface area contributed by atoms with Gasteiger partial charge in [0.15, 0.2) is 0 Å². The first-order chi connectivity index (χ1) is 11.5. The highest BCUT2D eigenvalue weighted by Crippen LogP contribution is 2.26. The fraction of sp³-hybridized carbons (Fsp3) is 0.471. The molecule has 2 aromatic rings. The maximum Gasteiger partial charge on any atom is 0.252 e. The van der Waals surface area contributed by atoms with Crippen LogP contribution in [0.3, 0.4) is 0 Å². The Labute approximate surface area is 140 Å². The minimum absolute atomic E-state index is 0.0913. The summed E-state index contributed by atoms with van der Waals surface area (Å²) < 4.78 is 6.90. The fourth-order valence-electron chi connectivity index (χ4n) is 3.19. The number of hydrogen-bond acceptors (Lipinski definition) is 6. The van der Waals surface area contributed by atoms with Crippen LogP contribution in [0.4, 0.5) is 5.69 Å². The molecule has 1 aliphatic heterocycles. The van der Waals surface area contributed by atoms with Crippen LogP contribution in [0.5, 0.6) is 0 Å². The maximum atomic E-state index is 12.4. The SMILES string of the molecule is COC[C@H]1CN[C@H](C)CN1c1cc(=O)n(C)c2ccc(C#N)nc12. The number of hydrogen-bond donors (Lipinski definition) is 1. The Morgan fingerprint density at radius 1 is 1.50 bits per heavy atom. The lowest BCUT2D eigenvalue weighted by molar-refractivity contribution is 0.166. The van der Waals surface area contributed by atoms with E-state index in [0.717, 1.165) is 24.3 Å². The smallest absolute Gasteiger partial charge is 0.252 e. The molecular weight excluding hydrogens is 306 g/mol. The zero-order valence-electron chi connectivity index (χ0n) is 14.1. The zero-order valence-corrected chi connectivity index (χ0v) is 14.1. The zero-order chi connectivity index (χ0) is 17.3. The van der Waals surface area contributed by atoms with E-state index in [9.17, 15) is 10.1 Å². The van der Waals surface area contributed by atoms with Crippen molar-refractivity contribution in [1.82, 2.24) is 14.9 Å². The summed E-state index contributed by atoms with van der Waals surface area (Å²) in [6, 6.07) is 7.49. The van der Waals surface area contributed by atoms with Crippen molar-refractivity contribution in [3.63, 3.8) is 0 Å². The number of pyridine rings is 2. The number of nitrogens with zero attached hydrogens (tertiary/aromatic N) is 4. The Kier molecular flexibility index (Phi) is 4.51. The molecule has 0 aliphatic carbocycles. The van der Waals surface area contributed by atoms with E-state index < -0.39 is 0 Å². The second-order valence-corrected chi connectivity index (χ2v) is 6.17. The Morgan fingerprint density at radius 2 is 2.29 bits per heavy atom. The number of aromatic nitrogens is 2. The van der Waals surface area contributed by atoms with Crippen LogP contribution in [0.15, 0.2) is 23.0 Å². The van der Waals surface area contributed by atoms with E-state index in [1.807, 2.05) is 0 Å². The molecule has 7 nitrogen and oxygen atoms in total. The van der Waals surface area contributed by atoms with Gasteiger partial charge in [-0.2, -0.15) is 5.26 Å². The third-order valence-electron chi connectivity index (χ3n) is 4.46. The van der Waals surface area contributed by atoms with E-state index in [1.54, 1.807) is 36.9 Å². The molecule has 1 N–H and O–H groups in total. The van der Waals surface area contributed by atoms with Gasteiger partial charge in [0.05, 0.1) is 23.9 Å². The van der Waals surface area contributed by atoms with Gasteiger partial charge >= 0.3 is 0 Å². The Morgan fingerprint density at radius 3 is 3.00 bits per heavy atom. The van der Waals surface area contributed by atoms with E-state index in [2.05, 4.69) is 28.2 Å². The van der Waals surface area contributed by atoms with Crippen LogP contribution in [-0.4, -0.2) is 48.4 Å². The van der Waals surface area contributed by atoms with Crippen LogP contribution in [0.1, 0.15) is 12.6 Å². The van der Waals surface area contributed by atoms with E-state index >= 15 is 0 Å². The Balaban J connectivity index is 2.21. The quantitative estimate of drug-likeness (QED) is 0.890. The molecule has 24 heavy (non-hydrogen) atoms. The predicted molar refractivity (Wildman–Crippen MR) is 92.2 cm³/mol. The van der Waals surface area contributed by atoms with Crippen LogP contribution in [0.25, 0.3) is 11.0 Å². The topological polar surface area (TPSA) is 83.2 Å². The van der Waals surface area contributed by atoms with E-state index in [0.29, 0.717) is 17.8 Å². The lowest BCUT2D eigenvalue weighted by Gasteiger charge is -2.40. The van der Waals surface area contributed by atoms with Crippen LogP contribution < -0.4 is 15.8 Å². The summed E-state index contributed by atoms with van der Waals surface area (Å²) in [5, 5.41) is 12.6. The maximum absolute atomic E-state index is 12.4. The summed E-state index contributed by atoms with van der Waals surface area (Å²) in [4.78, 5) is 19.0. The molecule has 0 aromatic carbocycles. The largest absolute Gasteiger partial charge is 0.383 e. The first-order valence-electron chi connectivity index (χ1n) is 7.95. The molecule has 0 unspecified atom stereocenters. The Hall–Kier alpha value is -2.43. The van der Waals surface area contributed by atoms with Crippen molar-refractivity contribution in [2.24, 2.45) is 7.05 Å². The second kappa shape index (κ2) is 6.59. The molecule has 2 aromatic heterocycles. The molecular formula is C17H21N5O2. The van der Waals surface area contributed by atoms with Crippen LogP contribution >= 0.6 is 0 Å². The van der Waals surface area contributed by atoms with Gasteiger partial charge in [-0.3, -0.25) is 4.79 Å².